The zero-order chi connectivity index (χ0) is 15.2. The SMILES string of the molecule is CN(CCO)c1ccc(NCc2cc(F)cc(F)c2)cc1. The van der Waals surface area contributed by atoms with Crippen molar-refractivity contribution in [3.8, 4) is 0 Å². The minimum Gasteiger partial charge on any atom is -0.395 e. The first-order valence-electron chi connectivity index (χ1n) is 6.69. The topological polar surface area (TPSA) is 35.5 Å². The van der Waals surface area contributed by atoms with Gasteiger partial charge in [0.05, 0.1) is 6.61 Å². The van der Waals surface area contributed by atoms with Gasteiger partial charge in [0, 0.05) is 37.6 Å². The van der Waals surface area contributed by atoms with E-state index in [0.29, 0.717) is 18.7 Å². The Morgan fingerprint density at radius 3 is 2.24 bits per heavy atom. The molecule has 0 spiro atoms. The standard InChI is InChI=1S/C16H18F2N2O/c1-20(6-7-21)16-4-2-15(3-5-16)19-11-12-8-13(17)10-14(18)9-12/h2-5,8-10,19,21H,6-7,11H2,1H3. The van der Waals surface area contributed by atoms with Gasteiger partial charge in [-0.2, -0.15) is 0 Å². The lowest BCUT2D eigenvalue weighted by atomic mass is 10.2. The first-order chi connectivity index (χ1) is 10.1. The quantitative estimate of drug-likeness (QED) is 0.859. The molecular weight excluding hydrogens is 274 g/mol. The van der Waals surface area contributed by atoms with Crippen molar-refractivity contribution in [3.63, 3.8) is 0 Å². The molecule has 3 nitrogen and oxygen atoms in total. The van der Waals surface area contributed by atoms with Crippen LogP contribution < -0.4 is 10.2 Å². The van der Waals surface area contributed by atoms with Crippen molar-refractivity contribution in [2.24, 2.45) is 0 Å². The van der Waals surface area contributed by atoms with Crippen molar-refractivity contribution in [1.29, 1.82) is 0 Å². The van der Waals surface area contributed by atoms with Gasteiger partial charge in [-0.25, -0.2) is 8.78 Å². The number of hydrogen-bond acceptors (Lipinski definition) is 3. The van der Waals surface area contributed by atoms with Crippen LogP contribution in [0.5, 0.6) is 0 Å². The maximum absolute atomic E-state index is 13.1. The van der Waals surface area contributed by atoms with Crippen LogP contribution >= 0.6 is 0 Å². The predicted octanol–water partition coefficient (Wildman–Crippen LogP) is 3.01. The smallest absolute Gasteiger partial charge is 0.126 e. The fourth-order valence-corrected chi connectivity index (χ4v) is 2.03. The molecule has 112 valence electrons. The molecule has 0 radical (unpaired) electrons. The normalized spacial score (nSPS) is 10.5. The van der Waals surface area contributed by atoms with Crippen LogP contribution in [0.1, 0.15) is 5.56 Å². The van der Waals surface area contributed by atoms with Gasteiger partial charge in [-0.1, -0.05) is 0 Å². The largest absolute Gasteiger partial charge is 0.395 e. The fourth-order valence-electron chi connectivity index (χ4n) is 2.03. The number of aliphatic hydroxyl groups excluding tert-OH is 1. The Balaban J connectivity index is 1.97. The summed E-state index contributed by atoms with van der Waals surface area (Å²) in [5.74, 6) is -1.15. The van der Waals surface area contributed by atoms with E-state index < -0.39 is 11.6 Å². The van der Waals surface area contributed by atoms with Gasteiger partial charge in [0.15, 0.2) is 0 Å². The Hall–Kier alpha value is -2.14. The second-order valence-electron chi connectivity index (χ2n) is 4.82. The molecule has 0 saturated heterocycles. The van der Waals surface area contributed by atoms with E-state index in [1.54, 1.807) is 0 Å². The molecule has 0 amide bonds. The number of nitrogens with zero attached hydrogens (tertiary/aromatic N) is 1. The van der Waals surface area contributed by atoms with Crippen molar-refractivity contribution in [1.82, 2.24) is 0 Å². The summed E-state index contributed by atoms with van der Waals surface area (Å²) in [7, 11) is 1.90. The molecule has 0 aromatic heterocycles. The van der Waals surface area contributed by atoms with E-state index in [9.17, 15) is 8.78 Å². The molecule has 21 heavy (non-hydrogen) atoms. The van der Waals surface area contributed by atoms with Crippen LogP contribution in [-0.4, -0.2) is 25.3 Å². The highest BCUT2D eigenvalue weighted by Crippen LogP contribution is 2.17. The molecule has 0 saturated carbocycles. The van der Waals surface area contributed by atoms with Crippen LogP contribution in [0.2, 0.25) is 0 Å². The number of anilines is 2. The Morgan fingerprint density at radius 1 is 1.05 bits per heavy atom. The number of likely N-dealkylation sites (N-methyl/N-ethyl adjacent to an activating group) is 1. The number of nitrogens with one attached hydrogen (secondary N) is 1. The average molecular weight is 292 g/mol. The molecule has 2 N–H and O–H groups in total. The number of aliphatic hydroxyl groups is 1. The summed E-state index contributed by atoms with van der Waals surface area (Å²) in [6.07, 6.45) is 0. The maximum atomic E-state index is 13.1. The summed E-state index contributed by atoms with van der Waals surface area (Å²) in [6, 6.07) is 11.1. The van der Waals surface area contributed by atoms with Crippen LogP contribution in [0, 0.1) is 11.6 Å². The van der Waals surface area contributed by atoms with Gasteiger partial charge in [0.1, 0.15) is 11.6 Å². The molecule has 0 fully saturated rings. The van der Waals surface area contributed by atoms with Crippen molar-refractivity contribution in [2.45, 2.75) is 6.54 Å². The molecule has 0 unspecified atom stereocenters. The van der Waals surface area contributed by atoms with E-state index in [1.165, 1.54) is 12.1 Å². The number of halogens is 2. The summed E-state index contributed by atoms with van der Waals surface area (Å²) in [6.45, 7) is 1.01. The molecule has 2 rings (SSSR count). The molecule has 0 aliphatic heterocycles. The minimum atomic E-state index is -0.576. The Labute approximate surface area is 122 Å². The second kappa shape index (κ2) is 7.04. The third-order valence-corrected chi connectivity index (χ3v) is 3.16. The molecule has 0 atom stereocenters. The van der Waals surface area contributed by atoms with Crippen LogP contribution in [0.4, 0.5) is 20.2 Å². The van der Waals surface area contributed by atoms with E-state index in [-0.39, 0.29) is 6.61 Å². The average Bonchev–Trinajstić information content (AvgIpc) is 2.45. The van der Waals surface area contributed by atoms with E-state index >= 15 is 0 Å². The van der Waals surface area contributed by atoms with Crippen molar-refractivity contribution >= 4 is 11.4 Å². The lowest BCUT2D eigenvalue weighted by molar-refractivity contribution is 0.304. The number of hydrogen-bond donors (Lipinski definition) is 2. The van der Waals surface area contributed by atoms with Crippen molar-refractivity contribution < 1.29 is 13.9 Å². The maximum Gasteiger partial charge on any atom is 0.126 e. The summed E-state index contributed by atoms with van der Waals surface area (Å²) < 4.78 is 26.1. The molecule has 0 heterocycles. The number of rotatable bonds is 6. The lowest BCUT2D eigenvalue weighted by Crippen LogP contribution is -2.20. The molecule has 0 aliphatic carbocycles. The van der Waals surface area contributed by atoms with Crippen LogP contribution in [0.25, 0.3) is 0 Å². The van der Waals surface area contributed by atoms with Crippen LogP contribution in [0.15, 0.2) is 42.5 Å². The van der Waals surface area contributed by atoms with Gasteiger partial charge >= 0.3 is 0 Å². The van der Waals surface area contributed by atoms with E-state index in [1.807, 2.05) is 36.2 Å². The lowest BCUT2D eigenvalue weighted by Gasteiger charge is -2.18. The highest BCUT2D eigenvalue weighted by molar-refractivity contribution is 5.54. The highest BCUT2D eigenvalue weighted by Gasteiger charge is 2.02. The van der Waals surface area contributed by atoms with Gasteiger partial charge in [0.2, 0.25) is 0 Å². The summed E-state index contributed by atoms with van der Waals surface area (Å²) in [4.78, 5) is 1.94. The summed E-state index contributed by atoms with van der Waals surface area (Å²) in [5.41, 5.74) is 2.40. The third kappa shape index (κ3) is 4.43. The fraction of sp³-hybridized carbons (Fsp3) is 0.250. The minimum absolute atomic E-state index is 0.0988. The molecule has 0 bridgehead atoms. The van der Waals surface area contributed by atoms with E-state index in [4.69, 9.17) is 5.11 Å². The molecular formula is C16H18F2N2O. The molecule has 5 heteroatoms. The highest BCUT2D eigenvalue weighted by atomic mass is 19.1. The van der Waals surface area contributed by atoms with Gasteiger partial charge in [-0.05, 0) is 42.0 Å². The summed E-state index contributed by atoms with van der Waals surface area (Å²) >= 11 is 0. The molecule has 2 aromatic carbocycles. The van der Waals surface area contributed by atoms with Gasteiger partial charge in [-0.3, -0.25) is 0 Å². The van der Waals surface area contributed by atoms with Crippen LogP contribution in [-0.2, 0) is 6.54 Å². The number of benzene rings is 2. The Morgan fingerprint density at radius 2 is 1.67 bits per heavy atom. The van der Waals surface area contributed by atoms with Gasteiger partial charge in [0.25, 0.3) is 0 Å². The first kappa shape index (κ1) is 15.3. The van der Waals surface area contributed by atoms with E-state index in [0.717, 1.165) is 17.4 Å². The second-order valence-corrected chi connectivity index (χ2v) is 4.82. The summed E-state index contributed by atoms with van der Waals surface area (Å²) in [5, 5.41) is 12.0. The molecule has 0 aliphatic rings. The predicted molar refractivity (Wildman–Crippen MR) is 80.5 cm³/mol. The van der Waals surface area contributed by atoms with Crippen molar-refractivity contribution in [3.05, 3.63) is 59.7 Å². The van der Waals surface area contributed by atoms with Gasteiger partial charge in [-0.15, -0.1) is 0 Å². The first-order valence-corrected chi connectivity index (χ1v) is 6.69. The van der Waals surface area contributed by atoms with Gasteiger partial charge < -0.3 is 15.3 Å². The Kier molecular flexibility index (Phi) is 5.11. The molecule has 2 aromatic rings. The monoisotopic (exact) mass is 292 g/mol. The zero-order valence-electron chi connectivity index (χ0n) is 11.8. The zero-order valence-corrected chi connectivity index (χ0v) is 11.8. The van der Waals surface area contributed by atoms with E-state index in [2.05, 4.69) is 5.32 Å². The Bertz CT molecular complexity index is 567. The third-order valence-electron chi connectivity index (χ3n) is 3.16. The van der Waals surface area contributed by atoms with Crippen LogP contribution in [0.3, 0.4) is 0 Å². The van der Waals surface area contributed by atoms with Crippen molar-refractivity contribution in [2.75, 3.05) is 30.4 Å².